The van der Waals surface area contributed by atoms with Crippen molar-refractivity contribution in [2.75, 3.05) is 4.72 Å². The van der Waals surface area contributed by atoms with Gasteiger partial charge in [-0.05, 0) is 35.4 Å². The predicted molar refractivity (Wildman–Crippen MR) is 150 cm³/mol. The van der Waals surface area contributed by atoms with E-state index in [4.69, 9.17) is 19.1 Å². The van der Waals surface area contributed by atoms with Gasteiger partial charge in [0, 0.05) is 36.2 Å². The highest BCUT2D eigenvalue weighted by Crippen LogP contribution is 2.27. The predicted octanol–water partition coefficient (Wildman–Crippen LogP) is 0.592. The molecule has 0 saturated heterocycles. The number of hydrogen-bond acceptors (Lipinski definition) is 10. The van der Waals surface area contributed by atoms with E-state index in [1.54, 1.807) is 12.1 Å². The van der Waals surface area contributed by atoms with Crippen LogP contribution in [0.2, 0.25) is 0 Å². The number of anilines is 1. The Balaban J connectivity index is 0.000000996. The van der Waals surface area contributed by atoms with Crippen LogP contribution in [-0.2, 0) is 26.5 Å². The summed E-state index contributed by atoms with van der Waals surface area (Å²) in [5.74, 6) is 0. The van der Waals surface area contributed by atoms with E-state index in [1.807, 2.05) is 48.5 Å². The van der Waals surface area contributed by atoms with Gasteiger partial charge in [-0.1, -0.05) is 66.8 Å². The number of halogens is 1. The van der Waals surface area contributed by atoms with Crippen molar-refractivity contribution in [2.24, 2.45) is 5.14 Å². The first-order valence-corrected chi connectivity index (χ1v) is 17.1. The molecule has 0 atom stereocenters. The van der Waals surface area contributed by atoms with Crippen molar-refractivity contribution in [3.8, 4) is 28.1 Å². The molecule has 5 rings (SSSR count). The summed E-state index contributed by atoms with van der Waals surface area (Å²) in [7, 11) is -11.0. The third-order valence-corrected chi connectivity index (χ3v) is 9.59. The second-order valence-corrected chi connectivity index (χ2v) is 13.5. The number of sulfonamides is 2. The summed E-state index contributed by atoms with van der Waals surface area (Å²) in [6, 6.07) is 30.9. The summed E-state index contributed by atoms with van der Waals surface area (Å²) < 4.78 is 77.9. The number of benzene rings is 3. The summed E-state index contributed by atoms with van der Waals surface area (Å²) in [5.41, 5.74) is 6.01. The minimum Gasteiger partial charge on any atom is -0.357 e. The highest BCUT2D eigenvalue weighted by Gasteiger charge is 2.25. The normalized spacial score (nSPS) is 11.6. The standard InChI is InChI=1S/C27H24N5O4S3.ClO3/c1-2-22-17-21(19-9-5-3-6-10-19)18-25(20-11-7-4-8-12-20)32(22)23-13-15-24(16-14-23)39(35,36)31-26-29-30-27(37-26)38(28,33)34;2-1(3)4/h3-18H,2H2,1H3,(H,29,31)(H2,28,33,34);/q+1;-1. The van der Waals surface area contributed by atoms with Gasteiger partial charge in [0.25, 0.3) is 20.0 Å². The summed E-state index contributed by atoms with van der Waals surface area (Å²) in [6.07, 6.45) is 0.742. The maximum atomic E-state index is 13.0. The highest BCUT2D eigenvalue weighted by molar-refractivity contribution is 7.93. The number of aromatic nitrogens is 3. The minimum atomic E-state index is -4.09. The average Bonchev–Trinajstić information content (AvgIpc) is 3.46. The third kappa shape index (κ3) is 8.19. The van der Waals surface area contributed by atoms with Gasteiger partial charge >= 0.3 is 0 Å². The molecule has 0 amide bonds. The Morgan fingerprint density at radius 1 is 0.814 bits per heavy atom. The summed E-state index contributed by atoms with van der Waals surface area (Å²) in [4.78, 5) is -0.0144. The smallest absolute Gasteiger partial charge is 0.267 e. The van der Waals surface area contributed by atoms with Gasteiger partial charge in [-0.2, -0.15) is 4.57 Å². The molecule has 0 aliphatic rings. The van der Waals surface area contributed by atoms with Crippen LogP contribution in [0.1, 0.15) is 12.6 Å². The van der Waals surface area contributed by atoms with Crippen molar-refractivity contribution in [1.82, 2.24) is 10.2 Å². The van der Waals surface area contributed by atoms with E-state index in [9.17, 15) is 16.8 Å². The first-order chi connectivity index (χ1) is 20.4. The molecule has 3 N–H and O–H groups in total. The van der Waals surface area contributed by atoms with E-state index in [2.05, 4.69) is 50.7 Å². The number of hydrogen-bond donors (Lipinski definition) is 2. The molecule has 0 aliphatic heterocycles. The molecular formula is C27H24ClN5O7S3. The number of primary sulfonamides is 1. The number of nitrogens with two attached hydrogens (primary N) is 1. The van der Waals surface area contributed by atoms with Crippen molar-refractivity contribution < 1.29 is 46.2 Å². The zero-order valence-electron chi connectivity index (χ0n) is 22.3. The van der Waals surface area contributed by atoms with Crippen LogP contribution in [-0.4, -0.2) is 27.0 Å². The first-order valence-electron chi connectivity index (χ1n) is 12.3. The molecule has 0 bridgehead atoms. The van der Waals surface area contributed by atoms with Crippen molar-refractivity contribution in [1.29, 1.82) is 0 Å². The summed E-state index contributed by atoms with van der Waals surface area (Å²) in [5, 5.41) is 11.8. The maximum Gasteiger partial charge on any atom is 0.267 e. The van der Waals surface area contributed by atoms with E-state index in [0.717, 1.165) is 40.2 Å². The van der Waals surface area contributed by atoms with Gasteiger partial charge in [0.15, 0.2) is 5.69 Å². The van der Waals surface area contributed by atoms with Crippen LogP contribution in [0.3, 0.4) is 0 Å². The van der Waals surface area contributed by atoms with Gasteiger partial charge in [-0.15, -0.1) is 10.2 Å². The van der Waals surface area contributed by atoms with Gasteiger partial charge in [0.2, 0.25) is 20.9 Å². The Kier molecular flexibility index (Phi) is 10.2. The van der Waals surface area contributed by atoms with Gasteiger partial charge in [0.1, 0.15) is 0 Å². The monoisotopic (exact) mass is 661 g/mol. The Bertz CT molecular complexity index is 1900. The van der Waals surface area contributed by atoms with Gasteiger partial charge in [0.05, 0.1) is 15.7 Å². The molecule has 0 radical (unpaired) electrons. The molecule has 0 unspecified atom stereocenters. The number of pyridine rings is 1. The molecular weight excluding hydrogens is 638 g/mol. The fraction of sp³-hybridized carbons (Fsp3) is 0.0741. The molecule has 0 spiro atoms. The van der Waals surface area contributed by atoms with Crippen molar-refractivity contribution in [3.63, 3.8) is 0 Å². The van der Waals surface area contributed by atoms with Crippen LogP contribution < -0.4 is 28.4 Å². The van der Waals surface area contributed by atoms with Crippen molar-refractivity contribution in [3.05, 3.63) is 103 Å². The maximum absolute atomic E-state index is 13.0. The van der Waals surface area contributed by atoms with E-state index in [1.165, 1.54) is 12.1 Å². The van der Waals surface area contributed by atoms with Crippen molar-refractivity contribution in [2.45, 2.75) is 22.6 Å². The summed E-state index contributed by atoms with van der Waals surface area (Å²) >= 11 is 0.536. The molecule has 5 aromatic rings. The molecule has 2 heterocycles. The van der Waals surface area contributed by atoms with E-state index in [0.29, 0.717) is 11.3 Å². The Morgan fingerprint density at radius 3 is 1.88 bits per heavy atom. The fourth-order valence-corrected chi connectivity index (χ4v) is 6.71. The number of aryl methyl sites for hydroxylation is 1. The van der Waals surface area contributed by atoms with Crippen LogP contribution >= 0.6 is 11.3 Å². The van der Waals surface area contributed by atoms with E-state index < -0.39 is 35.2 Å². The molecule has 2 aromatic heterocycles. The quantitative estimate of drug-likeness (QED) is 0.223. The molecule has 43 heavy (non-hydrogen) atoms. The zero-order valence-corrected chi connectivity index (χ0v) is 25.5. The largest absolute Gasteiger partial charge is 0.357 e. The number of nitrogens with zero attached hydrogens (tertiary/aromatic N) is 3. The van der Waals surface area contributed by atoms with Crippen LogP contribution in [0.5, 0.6) is 0 Å². The second kappa shape index (κ2) is 13.7. The molecule has 12 nitrogen and oxygen atoms in total. The number of nitrogens with one attached hydrogen (secondary N) is 1. The second-order valence-electron chi connectivity index (χ2n) is 8.75. The first kappa shape index (κ1) is 32.1. The molecule has 0 fully saturated rings. The SMILES string of the molecule is CCc1cc(-c2ccccc2)cc(-c2ccccc2)[n+]1-c1ccc(S(=O)(=O)Nc2nnc(S(N)(=O)=O)s2)cc1.[O-][Cl+2]([O-])[O-]. The van der Waals surface area contributed by atoms with Crippen molar-refractivity contribution >= 4 is 36.5 Å². The lowest BCUT2D eigenvalue weighted by atomic mass is 10.0. The summed E-state index contributed by atoms with van der Waals surface area (Å²) in [6.45, 7) is 2.08. The van der Waals surface area contributed by atoms with Gasteiger partial charge in [-0.3, -0.25) is 4.72 Å². The van der Waals surface area contributed by atoms with Crippen LogP contribution in [0, 0.1) is 10.8 Å². The topological polar surface area (TPSA) is 205 Å². The van der Waals surface area contributed by atoms with Gasteiger partial charge < -0.3 is 14.0 Å². The third-order valence-electron chi connectivity index (χ3n) is 5.96. The minimum absolute atomic E-state index is 0.0144. The lowest BCUT2D eigenvalue weighted by Gasteiger charge is -2.12. The van der Waals surface area contributed by atoms with E-state index >= 15 is 0 Å². The van der Waals surface area contributed by atoms with Gasteiger partial charge in [-0.25, -0.2) is 22.0 Å². The van der Waals surface area contributed by atoms with E-state index in [-0.39, 0.29) is 10.0 Å². The number of rotatable bonds is 8. The average molecular weight is 662 g/mol. The lowest BCUT2D eigenvalue weighted by Crippen LogP contribution is -2.42. The lowest BCUT2D eigenvalue weighted by molar-refractivity contribution is -1.73. The molecule has 0 saturated carbocycles. The molecule has 0 aliphatic carbocycles. The van der Waals surface area contributed by atoms with Crippen LogP contribution in [0.15, 0.2) is 106 Å². The molecule has 224 valence electrons. The van der Waals surface area contributed by atoms with Crippen LogP contribution in [0.4, 0.5) is 5.13 Å². The Morgan fingerprint density at radius 2 is 1.37 bits per heavy atom. The zero-order chi connectivity index (χ0) is 31.2. The Hall–Kier alpha value is -3.80. The highest BCUT2D eigenvalue weighted by atomic mass is 35.6. The fourth-order valence-electron chi connectivity index (χ4n) is 4.15. The van der Waals surface area contributed by atoms with Crippen LogP contribution in [0.25, 0.3) is 28.1 Å². The Labute approximate surface area is 255 Å². The molecule has 16 heteroatoms. The molecule has 3 aromatic carbocycles.